The summed E-state index contributed by atoms with van der Waals surface area (Å²) in [5, 5.41) is 0. The van der Waals surface area contributed by atoms with E-state index in [1.165, 1.54) is 17.7 Å². The van der Waals surface area contributed by atoms with Crippen molar-refractivity contribution in [3.63, 3.8) is 0 Å². The van der Waals surface area contributed by atoms with Crippen molar-refractivity contribution in [3.05, 3.63) is 32.6 Å². The number of hydrogen-bond acceptors (Lipinski definition) is 5. The molecule has 0 aliphatic rings. The lowest BCUT2D eigenvalue weighted by Gasteiger charge is -2.20. The molecule has 0 aliphatic carbocycles. The molecule has 112 valence electrons. The number of likely N-dealkylation sites (N-methyl/N-ethyl adjacent to an activating group) is 1. The summed E-state index contributed by atoms with van der Waals surface area (Å²) in [6.07, 6.45) is 0. The van der Waals surface area contributed by atoms with Crippen LogP contribution in [0.4, 0.5) is 0 Å². The molecule has 1 aromatic rings. The molecule has 7 heteroatoms. The topological polar surface area (TPSA) is 73.5 Å². The summed E-state index contributed by atoms with van der Waals surface area (Å²) in [6, 6.07) is 1.41. The molecule has 0 spiro atoms. The number of esters is 1. The van der Waals surface area contributed by atoms with Crippen LogP contribution < -0.4 is 11.2 Å². The SMILES string of the molecule is CCOC(=O)CN(CC)Cc1cc(=O)n(C)c(=O)n1C. The highest BCUT2D eigenvalue weighted by molar-refractivity contribution is 5.71. The van der Waals surface area contributed by atoms with Crippen LogP contribution in [0.25, 0.3) is 0 Å². The van der Waals surface area contributed by atoms with Crippen molar-refractivity contribution in [1.29, 1.82) is 0 Å². The molecule has 0 N–H and O–H groups in total. The van der Waals surface area contributed by atoms with Gasteiger partial charge in [-0.2, -0.15) is 0 Å². The van der Waals surface area contributed by atoms with E-state index in [4.69, 9.17) is 4.74 Å². The first-order valence-corrected chi connectivity index (χ1v) is 6.54. The van der Waals surface area contributed by atoms with Gasteiger partial charge in [-0.1, -0.05) is 6.92 Å². The molecule has 1 aromatic heterocycles. The summed E-state index contributed by atoms with van der Waals surface area (Å²) < 4.78 is 7.35. The zero-order valence-electron chi connectivity index (χ0n) is 12.4. The first-order chi connectivity index (χ1) is 9.40. The van der Waals surface area contributed by atoms with E-state index < -0.39 is 0 Å². The van der Waals surface area contributed by atoms with Crippen molar-refractivity contribution in [2.45, 2.75) is 20.4 Å². The molecule has 0 aliphatic heterocycles. The van der Waals surface area contributed by atoms with E-state index >= 15 is 0 Å². The molecule has 0 saturated heterocycles. The first-order valence-electron chi connectivity index (χ1n) is 6.54. The second kappa shape index (κ2) is 7.04. The summed E-state index contributed by atoms with van der Waals surface area (Å²) in [5.41, 5.74) is -0.153. The quantitative estimate of drug-likeness (QED) is 0.656. The van der Waals surface area contributed by atoms with Gasteiger partial charge in [-0.25, -0.2) is 4.79 Å². The largest absolute Gasteiger partial charge is 0.465 e. The molecule has 0 amide bonds. The smallest absolute Gasteiger partial charge is 0.330 e. The molecule has 0 bridgehead atoms. The minimum absolute atomic E-state index is 0.133. The number of carbonyl (C=O) groups is 1. The van der Waals surface area contributed by atoms with Crippen molar-refractivity contribution >= 4 is 5.97 Å². The average Bonchev–Trinajstić information content (AvgIpc) is 2.41. The second-order valence-electron chi connectivity index (χ2n) is 4.48. The van der Waals surface area contributed by atoms with E-state index in [0.29, 0.717) is 25.4 Å². The fourth-order valence-corrected chi connectivity index (χ4v) is 1.83. The molecule has 0 fully saturated rings. The maximum Gasteiger partial charge on any atom is 0.330 e. The van der Waals surface area contributed by atoms with Gasteiger partial charge in [0.25, 0.3) is 5.56 Å². The number of carbonyl (C=O) groups excluding carboxylic acids is 1. The maximum absolute atomic E-state index is 11.8. The lowest BCUT2D eigenvalue weighted by Crippen LogP contribution is -2.40. The molecule has 0 atom stereocenters. The fourth-order valence-electron chi connectivity index (χ4n) is 1.83. The van der Waals surface area contributed by atoms with Crippen LogP contribution in [0.5, 0.6) is 0 Å². The van der Waals surface area contributed by atoms with Crippen molar-refractivity contribution in [2.75, 3.05) is 19.7 Å². The summed E-state index contributed by atoms with van der Waals surface area (Å²) in [4.78, 5) is 36.8. The Morgan fingerprint density at radius 3 is 2.45 bits per heavy atom. The van der Waals surface area contributed by atoms with E-state index in [1.807, 2.05) is 11.8 Å². The minimum atomic E-state index is -0.375. The van der Waals surface area contributed by atoms with Gasteiger partial charge >= 0.3 is 11.7 Å². The van der Waals surface area contributed by atoms with Gasteiger partial charge in [-0.3, -0.25) is 23.6 Å². The molecule has 0 unspecified atom stereocenters. The van der Waals surface area contributed by atoms with Crippen molar-refractivity contribution < 1.29 is 9.53 Å². The zero-order chi connectivity index (χ0) is 15.3. The average molecular weight is 283 g/mol. The number of aromatic nitrogens is 2. The van der Waals surface area contributed by atoms with Gasteiger partial charge in [-0.05, 0) is 13.5 Å². The van der Waals surface area contributed by atoms with Crippen LogP contribution >= 0.6 is 0 Å². The normalized spacial score (nSPS) is 10.8. The minimum Gasteiger partial charge on any atom is -0.465 e. The van der Waals surface area contributed by atoms with Gasteiger partial charge in [-0.15, -0.1) is 0 Å². The molecule has 20 heavy (non-hydrogen) atoms. The van der Waals surface area contributed by atoms with E-state index in [-0.39, 0.29) is 23.8 Å². The van der Waals surface area contributed by atoms with Crippen LogP contribution in [0, 0.1) is 0 Å². The predicted octanol–water partition coefficient (Wildman–Crippen LogP) is -0.531. The van der Waals surface area contributed by atoms with Crippen LogP contribution in [0.2, 0.25) is 0 Å². The Morgan fingerprint density at radius 1 is 1.25 bits per heavy atom. The Morgan fingerprint density at radius 2 is 1.90 bits per heavy atom. The molecule has 7 nitrogen and oxygen atoms in total. The lowest BCUT2D eigenvalue weighted by molar-refractivity contribution is -0.144. The third-order valence-corrected chi connectivity index (χ3v) is 3.12. The molecule has 0 saturated carbocycles. The summed E-state index contributed by atoms with van der Waals surface area (Å²) in [5.74, 6) is -0.316. The van der Waals surface area contributed by atoms with Crippen LogP contribution in [-0.2, 0) is 30.2 Å². The number of ether oxygens (including phenoxy) is 1. The third kappa shape index (κ3) is 3.80. The Kier molecular flexibility index (Phi) is 5.69. The zero-order valence-corrected chi connectivity index (χ0v) is 12.4. The van der Waals surface area contributed by atoms with Gasteiger partial charge in [0.1, 0.15) is 0 Å². The van der Waals surface area contributed by atoms with Crippen molar-refractivity contribution in [3.8, 4) is 0 Å². The monoisotopic (exact) mass is 283 g/mol. The predicted molar refractivity (Wildman–Crippen MR) is 74.5 cm³/mol. The van der Waals surface area contributed by atoms with E-state index in [0.717, 1.165) is 4.57 Å². The van der Waals surface area contributed by atoms with Gasteiger partial charge in [0.15, 0.2) is 0 Å². The van der Waals surface area contributed by atoms with Gasteiger partial charge in [0.05, 0.1) is 13.2 Å². The standard InChI is InChI=1S/C13H21N3O4/c1-5-16(9-12(18)20-6-2)8-10-7-11(17)15(4)13(19)14(10)3/h7H,5-6,8-9H2,1-4H3. The number of hydrogen-bond donors (Lipinski definition) is 0. The molecular weight excluding hydrogens is 262 g/mol. The Hall–Kier alpha value is -1.89. The Bertz CT molecular complexity index is 588. The molecule has 1 rings (SSSR count). The molecule has 0 radical (unpaired) electrons. The van der Waals surface area contributed by atoms with Crippen molar-refractivity contribution in [2.24, 2.45) is 14.1 Å². The molecule has 0 aromatic carbocycles. The summed E-state index contributed by atoms with van der Waals surface area (Å²) in [7, 11) is 3.04. The van der Waals surface area contributed by atoms with Crippen molar-refractivity contribution in [1.82, 2.24) is 14.0 Å². The van der Waals surface area contributed by atoms with Crippen LogP contribution in [-0.4, -0.2) is 39.7 Å². The van der Waals surface area contributed by atoms with Crippen LogP contribution in [0.15, 0.2) is 15.7 Å². The van der Waals surface area contributed by atoms with Crippen LogP contribution in [0.1, 0.15) is 19.5 Å². The summed E-state index contributed by atoms with van der Waals surface area (Å²) in [6.45, 7) is 5.07. The molecule has 1 heterocycles. The fraction of sp³-hybridized carbons (Fsp3) is 0.615. The first kappa shape index (κ1) is 16.2. The Labute approximate surface area is 117 Å². The highest BCUT2D eigenvalue weighted by atomic mass is 16.5. The summed E-state index contributed by atoms with van der Waals surface area (Å²) >= 11 is 0. The highest BCUT2D eigenvalue weighted by Gasteiger charge is 2.13. The maximum atomic E-state index is 11.8. The number of nitrogens with zero attached hydrogens (tertiary/aromatic N) is 3. The van der Waals surface area contributed by atoms with Gasteiger partial charge in [0.2, 0.25) is 0 Å². The lowest BCUT2D eigenvalue weighted by atomic mass is 10.3. The molecular formula is C13H21N3O4. The van der Waals surface area contributed by atoms with Gasteiger partial charge in [0, 0.05) is 32.4 Å². The second-order valence-corrected chi connectivity index (χ2v) is 4.48. The number of rotatable bonds is 6. The van der Waals surface area contributed by atoms with Crippen LogP contribution in [0.3, 0.4) is 0 Å². The third-order valence-electron chi connectivity index (χ3n) is 3.12. The van der Waals surface area contributed by atoms with E-state index in [9.17, 15) is 14.4 Å². The highest BCUT2D eigenvalue weighted by Crippen LogP contribution is 2.00. The van der Waals surface area contributed by atoms with E-state index in [2.05, 4.69) is 0 Å². The van der Waals surface area contributed by atoms with Gasteiger partial charge < -0.3 is 4.74 Å². The Balaban J connectivity index is 2.94. The van der Waals surface area contributed by atoms with E-state index in [1.54, 1.807) is 14.0 Å².